The van der Waals surface area contributed by atoms with E-state index >= 15 is 0 Å². The van der Waals surface area contributed by atoms with E-state index in [0.29, 0.717) is 11.4 Å². The molecule has 88 valence electrons. The van der Waals surface area contributed by atoms with Gasteiger partial charge in [-0.2, -0.15) is 0 Å². The lowest BCUT2D eigenvalue weighted by Crippen LogP contribution is -2.12. The van der Waals surface area contributed by atoms with Crippen LogP contribution in [0.1, 0.15) is 16.3 Å². The molecule has 4 nitrogen and oxygen atoms in total. The molecule has 1 aromatic heterocycles. The van der Waals surface area contributed by atoms with Crippen LogP contribution in [-0.2, 0) is 0 Å². The molecular formula is C12H11FN2O2. The van der Waals surface area contributed by atoms with Crippen molar-refractivity contribution in [2.45, 2.75) is 6.92 Å². The predicted molar refractivity (Wildman–Crippen MR) is 62.2 cm³/mol. The van der Waals surface area contributed by atoms with Crippen LogP contribution in [0.5, 0.6) is 0 Å². The van der Waals surface area contributed by atoms with Crippen LogP contribution < -0.4 is 11.1 Å². The Hall–Kier alpha value is -2.30. The Balaban J connectivity index is 2.18. The Kier molecular flexibility index (Phi) is 2.82. The van der Waals surface area contributed by atoms with E-state index in [0.717, 1.165) is 6.07 Å². The highest BCUT2D eigenvalue weighted by atomic mass is 19.1. The molecule has 1 aromatic carbocycles. The third kappa shape index (κ3) is 2.44. The summed E-state index contributed by atoms with van der Waals surface area (Å²) >= 11 is 0. The molecule has 5 heteroatoms. The molecule has 0 fully saturated rings. The van der Waals surface area contributed by atoms with Crippen molar-refractivity contribution in [2.75, 3.05) is 11.1 Å². The molecule has 3 N–H and O–H groups in total. The summed E-state index contributed by atoms with van der Waals surface area (Å²) in [6, 6.07) is 7.24. The van der Waals surface area contributed by atoms with Gasteiger partial charge in [-0.05, 0) is 37.3 Å². The Bertz CT molecular complexity index is 563. The van der Waals surface area contributed by atoms with Gasteiger partial charge in [-0.3, -0.25) is 4.79 Å². The van der Waals surface area contributed by atoms with E-state index in [1.807, 2.05) is 0 Å². The van der Waals surface area contributed by atoms with Gasteiger partial charge in [0.05, 0.1) is 5.69 Å². The summed E-state index contributed by atoms with van der Waals surface area (Å²) in [5.74, 6) is -0.324. The van der Waals surface area contributed by atoms with Crippen molar-refractivity contribution in [3.8, 4) is 0 Å². The Morgan fingerprint density at radius 3 is 2.71 bits per heavy atom. The van der Waals surface area contributed by atoms with Crippen LogP contribution in [0.25, 0.3) is 0 Å². The molecule has 1 heterocycles. The summed E-state index contributed by atoms with van der Waals surface area (Å²) in [5, 5.41) is 2.40. The maximum Gasteiger partial charge on any atom is 0.291 e. The summed E-state index contributed by atoms with van der Waals surface area (Å²) in [6.07, 6.45) is 0. The minimum atomic E-state index is -0.582. The highest BCUT2D eigenvalue weighted by Crippen LogP contribution is 2.18. The van der Waals surface area contributed by atoms with Gasteiger partial charge in [0, 0.05) is 5.69 Å². The molecule has 0 unspecified atom stereocenters. The standard InChI is InChI=1S/C12H11FN2O2/c1-7-2-5-11(17-7)12(16)15-10-4-3-8(14)6-9(10)13/h2-6H,14H2,1H3,(H,15,16). The van der Waals surface area contributed by atoms with Gasteiger partial charge in [-0.15, -0.1) is 0 Å². The number of rotatable bonds is 2. The lowest BCUT2D eigenvalue weighted by atomic mass is 10.2. The van der Waals surface area contributed by atoms with E-state index in [-0.39, 0.29) is 11.4 Å². The van der Waals surface area contributed by atoms with E-state index in [1.165, 1.54) is 18.2 Å². The van der Waals surface area contributed by atoms with Crippen molar-refractivity contribution < 1.29 is 13.6 Å². The summed E-state index contributed by atoms with van der Waals surface area (Å²) in [6.45, 7) is 1.72. The zero-order valence-corrected chi connectivity index (χ0v) is 9.16. The van der Waals surface area contributed by atoms with E-state index in [4.69, 9.17) is 10.2 Å². The first-order valence-corrected chi connectivity index (χ1v) is 4.99. The molecule has 0 aliphatic rings. The lowest BCUT2D eigenvalue weighted by molar-refractivity contribution is 0.0995. The maximum absolute atomic E-state index is 13.4. The van der Waals surface area contributed by atoms with Crippen molar-refractivity contribution in [2.24, 2.45) is 0 Å². The number of benzene rings is 1. The van der Waals surface area contributed by atoms with Gasteiger partial charge < -0.3 is 15.5 Å². The number of nitrogens with two attached hydrogens (primary N) is 1. The first kappa shape index (κ1) is 11.2. The van der Waals surface area contributed by atoms with Crippen LogP contribution in [0.4, 0.5) is 15.8 Å². The average molecular weight is 234 g/mol. The molecule has 0 spiro atoms. The minimum absolute atomic E-state index is 0.0678. The molecule has 0 aliphatic carbocycles. The van der Waals surface area contributed by atoms with Gasteiger partial charge >= 0.3 is 0 Å². The highest BCUT2D eigenvalue weighted by molar-refractivity contribution is 6.02. The number of nitrogen functional groups attached to an aromatic ring is 1. The largest absolute Gasteiger partial charge is 0.456 e. The van der Waals surface area contributed by atoms with Crippen molar-refractivity contribution in [1.82, 2.24) is 0 Å². The second kappa shape index (κ2) is 4.29. The summed E-state index contributed by atoms with van der Waals surface area (Å²) < 4.78 is 18.5. The third-order valence-corrected chi connectivity index (χ3v) is 2.21. The van der Waals surface area contributed by atoms with Crippen LogP contribution >= 0.6 is 0 Å². The number of amides is 1. The smallest absolute Gasteiger partial charge is 0.291 e. The van der Waals surface area contributed by atoms with Crippen molar-refractivity contribution in [1.29, 1.82) is 0 Å². The monoisotopic (exact) mass is 234 g/mol. The molecule has 0 aliphatic heterocycles. The minimum Gasteiger partial charge on any atom is -0.456 e. The number of nitrogens with one attached hydrogen (secondary N) is 1. The molecule has 0 atom stereocenters. The number of carbonyl (C=O) groups excluding carboxylic acids is 1. The molecule has 2 rings (SSSR count). The molecule has 0 saturated heterocycles. The van der Waals surface area contributed by atoms with Crippen LogP contribution in [0.2, 0.25) is 0 Å². The molecule has 2 aromatic rings. The maximum atomic E-state index is 13.4. The van der Waals surface area contributed by atoms with E-state index in [1.54, 1.807) is 13.0 Å². The van der Waals surface area contributed by atoms with Crippen LogP contribution in [-0.4, -0.2) is 5.91 Å². The highest BCUT2D eigenvalue weighted by Gasteiger charge is 2.12. The third-order valence-electron chi connectivity index (χ3n) is 2.21. The Labute approximate surface area is 97.2 Å². The second-order valence-electron chi connectivity index (χ2n) is 3.60. The topological polar surface area (TPSA) is 68.3 Å². The number of hydrogen-bond donors (Lipinski definition) is 2. The predicted octanol–water partition coefficient (Wildman–Crippen LogP) is 2.56. The zero-order chi connectivity index (χ0) is 12.4. The second-order valence-corrected chi connectivity index (χ2v) is 3.60. The van der Waals surface area contributed by atoms with Gasteiger partial charge in [0.1, 0.15) is 11.6 Å². The SMILES string of the molecule is Cc1ccc(C(=O)Nc2ccc(N)cc2F)o1. The number of furan rings is 1. The van der Waals surface area contributed by atoms with Crippen LogP contribution in [0.15, 0.2) is 34.7 Å². The number of carbonyl (C=O) groups is 1. The zero-order valence-electron chi connectivity index (χ0n) is 9.16. The molecule has 0 bridgehead atoms. The molecule has 0 radical (unpaired) electrons. The van der Waals surface area contributed by atoms with Crippen LogP contribution in [0, 0.1) is 12.7 Å². The number of halogens is 1. The summed E-state index contributed by atoms with van der Waals surface area (Å²) in [7, 11) is 0. The van der Waals surface area contributed by atoms with Gasteiger partial charge in [-0.25, -0.2) is 4.39 Å². The number of anilines is 2. The first-order valence-electron chi connectivity index (χ1n) is 4.99. The van der Waals surface area contributed by atoms with Crippen molar-refractivity contribution in [3.05, 3.63) is 47.7 Å². The van der Waals surface area contributed by atoms with E-state index < -0.39 is 11.7 Å². The van der Waals surface area contributed by atoms with E-state index in [9.17, 15) is 9.18 Å². The van der Waals surface area contributed by atoms with Gasteiger partial charge in [-0.1, -0.05) is 0 Å². The van der Waals surface area contributed by atoms with Gasteiger partial charge in [0.15, 0.2) is 5.76 Å². The molecule has 0 saturated carbocycles. The summed E-state index contributed by atoms with van der Waals surface area (Å²) in [5.41, 5.74) is 5.77. The first-order chi connectivity index (χ1) is 8.06. The van der Waals surface area contributed by atoms with Gasteiger partial charge in [0.25, 0.3) is 5.91 Å². The fraction of sp³-hybridized carbons (Fsp3) is 0.0833. The summed E-state index contributed by atoms with van der Waals surface area (Å²) in [4.78, 5) is 11.7. The van der Waals surface area contributed by atoms with E-state index in [2.05, 4.69) is 5.32 Å². The number of hydrogen-bond acceptors (Lipinski definition) is 3. The fourth-order valence-electron chi connectivity index (χ4n) is 1.37. The fourth-order valence-corrected chi connectivity index (χ4v) is 1.37. The number of aryl methyl sites for hydroxylation is 1. The quantitative estimate of drug-likeness (QED) is 0.784. The Morgan fingerprint density at radius 2 is 2.12 bits per heavy atom. The van der Waals surface area contributed by atoms with Gasteiger partial charge in [0.2, 0.25) is 0 Å². The lowest BCUT2D eigenvalue weighted by Gasteiger charge is -2.05. The average Bonchev–Trinajstić information content (AvgIpc) is 2.69. The normalized spacial score (nSPS) is 10.2. The molecule has 1 amide bonds. The molecule has 17 heavy (non-hydrogen) atoms. The van der Waals surface area contributed by atoms with Crippen LogP contribution in [0.3, 0.4) is 0 Å². The van der Waals surface area contributed by atoms with Crippen molar-refractivity contribution in [3.63, 3.8) is 0 Å². The Morgan fingerprint density at radius 1 is 1.35 bits per heavy atom. The van der Waals surface area contributed by atoms with Crippen molar-refractivity contribution >= 4 is 17.3 Å². The molecular weight excluding hydrogens is 223 g/mol.